The van der Waals surface area contributed by atoms with Crippen LogP contribution in [0.25, 0.3) is 0 Å². The molecule has 19 heavy (non-hydrogen) atoms. The van der Waals surface area contributed by atoms with Crippen LogP contribution in [0.2, 0.25) is 0 Å². The average Bonchev–Trinajstić information content (AvgIpc) is 3.19. The van der Waals surface area contributed by atoms with Crippen LogP contribution in [0.5, 0.6) is 0 Å². The molecule has 2 rings (SSSR count). The van der Waals surface area contributed by atoms with Gasteiger partial charge in [-0.1, -0.05) is 13.8 Å². The first-order valence-corrected chi connectivity index (χ1v) is 8.04. The Bertz CT molecular complexity index is 358. The zero-order chi connectivity index (χ0) is 14.0. The van der Waals surface area contributed by atoms with Crippen LogP contribution >= 0.6 is 11.8 Å². The number of hydrogen-bond acceptors (Lipinski definition) is 3. The number of amides is 2. The third kappa shape index (κ3) is 3.55. The lowest BCUT2D eigenvalue weighted by Gasteiger charge is -2.37. The number of rotatable bonds is 4. The minimum Gasteiger partial charge on any atom is -0.480 e. The van der Waals surface area contributed by atoms with Crippen molar-refractivity contribution in [1.82, 2.24) is 9.80 Å². The third-order valence-corrected chi connectivity index (χ3v) is 4.48. The zero-order valence-corrected chi connectivity index (χ0v) is 12.4. The molecular weight excluding hydrogens is 264 g/mol. The van der Waals surface area contributed by atoms with Crippen LogP contribution in [0, 0.1) is 5.92 Å². The fraction of sp³-hybridized carbons (Fsp3) is 0.846. The van der Waals surface area contributed by atoms with E-state index in [-0.39, 0.29) is 6.03 Å². The maximum atomic E-state index is 12.6. The molecule has 1 unspecified atom stereocenters. The van der Waals surface area contributed by atoms with E-state index in [2.05, 4.69) is 13.8 Å². The second kappa shape index (κ2) is 6.03. The summed E-state index contributed by atoms with van der Waals surface area (Å²) >= 11 is 1.61. The molecule has 0 aromatic rings. The summed E-state index contributed by atoms with van der Waals surface area (Å²) in [6, 6.07) is -0.414. The second-order valence-corrected chi connectivity index (χ2v) is 6.83. The van der Waals surface area contributed by atoms with Gasteiger partial charge in [0.2, 0.25) is 0 Å². The molecule has 5 nitrogen and oxygen atoms in total. The molecular formula is C13H22N2O3S. The molecule has 108 valence electrons. The van der Waals surface area contributed by atoms with Crippen LogP contribution in [-0.2, 0) is 4.79 Å². The molecule has 2 fully saturated rings. The topological polar surface area (TPSA) is 60.9 Å². The molecule has 1 saturated heterocycles. The first-order valence-electron chi connectivity index (χ1n) is 6.88. The van der Waals surface area contributed by atoms with Crippen molar-refractivity contribution in [2.45, 2.75) is 38.8 Å². The number of thioether (sulfide) groups is 1. The van der Waals surface area contributed by atoms with Crippen molar-refractivity contribution in [2.75, 3.05) is 24.6 Å². The lowest BCUT2D eigenvalue weighted by Crippen LogP contribution is -2.55. The number of carbonyl (C=O) groups excluding carboxylic acids is 1. The summed E-state index contributed by atoms with van der Waals surface area (Å²) in [6.07, 6.45) is 2.11. The van der Waals surface area contributed by atoms with Gasteiger partial charge in [0.05, 0.1) is 0 Å². The highest BCUT2D eigenvalue weighted by Crippen LogP contribution is 2.30. The summed E-state index contributed by atoms with van der Waals surface area (Å²) in [5.41, 5.74) is 0. The molecule has 2 amide bonds. The van der Waals surface area contributed by atoms with E-state index < -0.39 is 12.0 Å². The van der Waals surface area contributed by atoms with E-state index in [1.54, 1.807) is 16.7 Å². The Morgan fingerprint density at radius 1 is 1.42 bits per heavy atom. The van der Waals surface area contributed by atoms with Crippen LogP contribution in [0.4, 0.5) is 4.79 Å². The van der Waals surface area contributed by atoms with E-state index in [0.29, 0.717) is 24.3 Å². The van der Waals surface area contributed by atoms with E-state index in [1.807, 2.05) is 4.90 Å². The predicted octanol–water partition coefficient (Wildman–Crippen LogP) is 1.73. The molecule has 0 aromatic heterocycles. The monoisotopic (exact) mass is 286 g/mol. The Labute approximate surface area is 118 Å². The second-order valence-electron chi connectivity index (χ2n) is 5.68. The van der Waals surface area contributed by atoms with E-state index >= 15 is 0 Å². The number of carboxylic acid groups (broad SMARTS) is 1. The number of hydrogen-bond donors (Lipinski definition) is 1. The summed E-state index contributed by atoms with van der Waals surface area (Å²) in [6.45, 7) is 5.44. The fourth-order valence-electron chi connectivity index (χ4n) is 2.37. The van der Waals surface area contributed by atoms with Gasteiger partial charge < -0.3 is 14.9 Å². The molecule has 0 spiro atoms. The first-order chi connectivity index (χ1) is 9.00. The van der Waals surface area contributed by atoms with Crippen LogP contribution in [-0.4, -0.2) is 63.6 Å². The molecule has 6 heteroatoms. The smallest absolute Gasteiger partial charge is 0.327 e. The maximum absolute atomic E-state index is 12.6. The lowest BCUT2D eigenvalue weighted by molar-refractivity contribution is -0.141. The van der Waals surface area contributed by atoms with Gasteiger partial charge >= 0.3 is 12.0 Å². The highest BCUT2D eigenvalue weighted by Gasteiger charge is 2.39. The summed E-state index contributed by atoms with van der Waals surface area (Å²) in [5.74, 6) is 0.851. The Hall–Kier alpha value is -0.910. The largest absolute Gasteiger partial charge is 0.480 e. The first kappa shape index (κ1) is 14.5. The molecule has 0 aromatic carbocycles. The van der Waals surface area contributed by atoms with Crippen molar-refractivity contribution in [3.05, 3.63) is 0 Å². The SMILES string of the molecule is CC(C)CN(C(=O)N1CCSCC1C(=O)O)C1CC1. The minimum absolute atomic E-state index is 0.0797. The fourth-order valence-corrected chi connectivity index (χ4v) is 3.40. The number of urea groups is 1. The maximum Gasteiger partial charge on any atom is 0.327 e. The van der Waals surface area contributed by atoms with Gasteiger partial charge in [-0.25, -0.2) is 9.59 Å². The number of nitrogens with zero attached hydrogens (tertiary/aromatic N) is 2. The normalized spacial score (nSPS) is 23.5. The quantitative estimate of drug-likeness (QED) is 0.855. The van der Waals surface area contributed by atoms with Crippen molar-refractivity contribution >= 4 is 23.8 Å². The molecule has 1 saturated carbocycles. The average molecular weight is 286 g/mol. The summed E-state index contributed by atoms with van der Waals surface area (Å²) < 4.78 is 0. The summed E-state index contributed by atoms with van der Waals surface area (Å²) in [4.78, 5) is 27.3. The Balaban J connectivity index is 2.08. The van der Waals surface area contributed by atoms with Crippen molar-refractivity contribution in [2.24, 2.45) is 5.92 Å². The molecule has 1 N–H and O–H groups in total. The van der Waals surface area contributed by atoms with Gasteiger partial charge in [-0.2, -0.15) is 11.8 Å². The number of carbonyl (C=O) groups is 2. The molecule has 2 aliphatic rings. The highest BCUT2D eigenvalue weighted by molar-refractivity contribution is 7.99. The van der Waals surface area contributed by atoms with Gasteiger partial charge in [-0.3, -0.25) is 0 Å². The van der Waals surface area contributed by atoms with Crippen LogP contribution in [0.3, 0.4) is 0 Å². The Kier molecular flexibility index (Phi) is 4.60. The van der Waals surface area contributed by atoms with Gasteiger partial charge in [0.25, 0.3) is 0 Å². The van der Waals surface area contributed by atoms with Crippen LogP contribution in [0.15, 0.2) is 0 Å². The van der Waals surface area contributed by atoms with E-state index in [4.69, 9.17) is 0 Å². The molecule has 1 aliphatic carbocycles. The number of carboxylic acids is 1. The summed E-state index contributed by atoms with van der Waals surface area (Å²) in [5, 5.41) is 9.25. The van der Waals surface area contributed by atoms with Gasteiger partial charge in [-0.15, -0.1) is 0 Å². The van der Waals surface area contributed by atoms with E-state index in [0.717, 1.165) is 25.1 Å². The number of aliphatic carboxylic acids is 1. The van der Waals surface area contributed by atoms with Gasteiger partial charge in [-0.05, 0) is 18.8 Å². The third-order valence-electron chi connectivity index (χ3n) is 3.45. The van der Waals surface area contributed by atoms with Crippen LogP contribution in [0.1, 0.15) is 26.7 Å². The van der Waals surface area contributed by atoms with Crippen molar-refractivity contribution < 1.29 is 14.7 Å². The Morgan fingerprint density at radius 2 is 2.11 bits per heavy atom. The molecule has 0 bridgehead atoms. The summed E-state index contributed by atoms with van der Waals surface area (Å²) in [7, 11) is 0. The molecule has 1 aliphatic heterocycles. The van der Waals surface area contributed by atoms with Crippen LogP contribution < -0.4 is 0 Å². The molecule has 1 heterocycles. The van der Waals surface area contributed by atoms with Crippen molar-refractivity contribution in [3.63, 3.8) is 0 Å². The zero-order valence-electron chi connectivity index (χ0n) is 11.5. The molecule has 1 atom stereocenters. The van der Waals surface area contributed by atoms with Crippen molar-refractivity contribution in [3.8, 4) is 0 Å². The predicted molar refractivity (Wildman–Crippen MR) is 75.4 cm³/mol. The van der Waals surface area contributed by atoms with Gasteiger partial charge in [0.1, 0.15) is 6.04 Å². The van der Waals surface area contributed by atoms with E-state index in [9.17, 15) is 14.7 Å². The minimum atomic E-state index is -0.888. The van der Waals surface area contributed by atoms with Gasteiger partial charge in [0.15, 0.2) is 0 Å². The lowest BCUT2D eigenvalue weighted by atomic mass is 10.2. The highest BCUT2D eigenvalue weighted by atomic mass is 32.2. The van der Waals surface area contributed by atoms with Crippen molar-refractivity contribution in [1.29, 1.82) is 0 Å². The Morgan fingerprint density at radius 3 is 2.63 bits per heavy atom. The van der Waals surface area contributed by atoms with Gasteiger partial charge in [0, 0.05) is 30.6 Å². The molecule has 0 radical (unpaired) electrons. The standard InChI is InChI=1S/C13H22N2O3S/c1-9(2)7-15(10-3-4-10)13(18)14-5-6-19-8-11(14)12(16)17/h9-11H,3-8H2,1-2H3,(H,16,17). The van der Waals surface area contributed by atoms with E-state index in [1.165, 1.54) is 0 Å².